The molecule has 0 spiro atoms. The number of halogens is 2. The van der Waals surface area contributed by atoms with Gasteiger partial charge in [-0.3, -0.25) is 4.79 Å². The lowest BCUT2D eigenvalue weighted by Crippen LogP contribution is -2.16. The van der Waals surface area contributed by atoms with Crippen LogP contribution in [0.1, 0.15) is 16.7 Å². The Labute approximate surface area is 121 Å². The number of rotatable bonds is 3. The first kappa shape index (κ1) is 15.0. The van der Waals surface area contributed by atoms with Crippen LogP contribution in [-0.2, 0) is 11.2 Å². The Kier molecular flexibility index (Phi) is 4.21. The average molecular weight is 290 g/mol. The summed E-state index contributed by atoms with van der Waals surface area (Å²) >= 11 is 0. The van der Waals surface area contributed by atoms with E-state index in [2.05, 4.69) is 5.32 Å². The molecule has 1 amide bonds. The number of nitrogens with two attached hydrogens (primary N) is 1. The molecule has 0 aliphatic carbocycles. The van der Waals surface area contributed by atoms with Crippen LogP contribution >= 0.6 is 0 Å². The van der Waals surface area contributed by atoms with Crippen LogP contribution < -0.4 is 11.1 Å². The summed E-state index contributed by atoms with van der Waals surface area (Å²) in [5.41, 5.74) is 7.93. The highest BCUT2D eigenvalue weighted by atomic mass is 19.1. The van der Waals surface area contributed by atoms with Crippen molar-refractivity contribution in [2.24, 2.45) is 0 Å². The van der Waals surface area contributed by atoms with Gasteiger partial charge in [0.05, 0.1) is 17.8 Å². The fourth-order valence-corrected chi connectivity index (χ4v) is 2.02. The molecule has 0 radical (unpaired) electrons. The predicted molar refractivity (Wildman–Crippen MR) is 79.0 cm³/mol. The van der Waals surface area contributed by atoms with Crippen molar-refractivity contribution in [2.75, 3.05) is 11.1 Å². The third kappa shape index (κ3) is 3.56. The van der Waals surface area contributed by atoms with Gasteiger partial charge in [-0.25, -0.2) is 8.78 Å². The summed E-state index contributed by atoms with van der Waals surface area (Å²) in [5, 5.41) is 2.41. The summed E-state index contributed by atoms with van der Waals surface area (Å²) < 4.78 is 26.6. The Hall–Kier alpha value is -2.43. The van der Waals surface area contributed by atoms with Crippen molar-refractivity contribution >= 4 is 17.3 Å². The van der Waals surface area contributed by atoms with Gasteiger partial charge in [-0.1, -0.05) is 23.8 Å². The highest BCUT2D eigenvalue weighted by Crippen LogP contribution is 2.21. The van der Waals surface area contributed by atoms with E-state index < -0.39 is 11.6 Å². The van der Waals surface area contributed by atoms with E-state index in [4.69, 9.17) is 5.73 Å². The molecule has 0 fully saturated rings. The van der Waals surface area contributed by atoms with Gasteiger partial charge in [-0.2, -0.15) is 0 Å². The zero-order valence-electron chi connectivity index (χ0n) is 11.8. The predicted octanol–water partition coefficient (Wildman–Crippen LogP) is 3.35. The maximum absolute atomic E-state index is 13.6. The van der Waals surface area contributed by atoms with E-state index in [1.165, 1.54) is 0 Å². The molecule has 0 saturated carbocycles. The number of hydrogen-bond acceptors (Lipinski definition) is 2. The lowest BCUT2D eigenvalue weighted by Gasteiger charge is -2.10. The molecule has 2 aromatic rings. The Morgan fingerprint density at radius 2 is 1.86 bits per heavy atom. The Morgan fingerprint density at radius 3 is 2.57 bits per heavy atom. The summed E-state index contributed by atoms with van der Waals surface area (Å²) in [7, 11) is 0. The molecule has 0 bridgehead atoms. The first-order chi connectivity index (χ1) is 9.86. The lowest BCUT2D eigenvalue weighted by atomic mass is 10.0. The second-order valence-corrected chi connectivity index (χ2v) is 5.01. The van der Waals surface area contributed by atoms with Crippen LogP contribution in [0.3, 0.4) is 0 Å². The van der Waals surface area contributed by atoms with Crippen molar-refractivity contribution in [1.82, 2.24) is 0 Å². The molecule has 0 unspecified atom stereocenters. The van der Waals surface area contributed by atoms with Gasteiger partial charge in [0.1, 0.15) is 11.6 Å². The molecule has 0 saturated heterocycles. The molecule has 0 aromatic heterocycles. The molecule has 21 heavy (non-hydrogen) atoms. The van der Waals surface area contributed by atoms with Crippen LogP contribution in [0.4, 0.5) is 20.2 Å². The number of anilines is 2. The van der Waals surface area contributed by atoms with Gasteiger partial charge in [0.15, 0.2) is 0 Å². The van der Waals surface area contributed by atoms with Crippen LogP contribution in [0, 0.1) is 25.5 Å². The van der Waals surface area contributed by atoms with E-state index >= 15 is 0 Å². The second-order valence-electron chi connectivity index (χ2n) is 5.01. The molecular formula is C16H16F2N2O. The van der Waals surface area contributed by atoms with E-state index in [1.807, 2.05) is 32.0 Å². The zero-order valence-corrected chi connectivity index (χ0v) is 11.8. The number of nitrogen functional groups attached to an aromatic ring is 1. The van der Waals surface area contributed by atoms with Crippen molar-refractivity contribution in [3.05, 3.63) is 58.7 Å². The normalized spacial score (nSPS) is 10.5. The summed E-state index contributed by atoms with van der Waals surface area (Å²) in [6, 6.07) is 7.52. The van der Waals surface area contributed by atoms with Crippen LogP contribution in [0.5, 0.6) is 0 Å². The molecule has 110 valence electrons. The third-order valence-corrected chi connectivity index (χ3v) is 3.22. The first-order valence-electron chi connectivity index (χ1n) is 6.47. The van der Waals surface area contributed by atoms with Crippen molar-refractivity contribution in [3.8, 4) is 0 Å². The third-order valence-electron chi connectivity index (χ3n) is 3.22. The minimum Gasteiger partial charge on any atom is -0.396 e. The molecule has 2 rings (SSSR count). The number of carbonyl (C=O) groups is 1. The summed E-state index contributed by atoms with van der Waals surface area (Å²) in [6.07, 6.45) is 0.115. The smallest absolute Gasteiger partial charge is 0.228 e. The van der Waals surface area contributed by atoms with E-state index in [1.54, 1.807) is 0 Å². The first-order valence-corrected chi connectivity index (χ1v) is 6.47. The fraction of sp³-hybridized carbons (Fsp3) is 0.188. The Morgan fingerprint density at radius 1 is 1.14 bits per heavy atom. The van der Waals surface area contributed by atoms with Gasteiger partial charge >= 0.3 is 0 Å². The maximum Gasteiger partial charge on any atom is 0.228 e. The van der Waals surface area contributed by atoms with E-state index in [0.29, 0.717) is 6.07 Å². The molecular weight excluding hydrogens is 274 g/mol. The standard InChI is InChI=1S/C16H16F2N2O/c1-9-3-4-10(2)11(5-9)6-16(21)20-15-8-14(19)12(17)7-13(15)18/h3-5,7-8H,6,19H2,1-2H3,(H,20,21). The maximum atomic E-state index is 13.6. The lowest BCUT2D eigenvalue weighted by molar-refractivity contribution is -0.115. The van der Waals surface area contributed by atoms with Crippen molar-refractivity contribution in [1.29, 1.82) is 0 Å². The molecule has 3 N–H and O–H groups in total. The SMILES string of the molecule is Cc1ccc(C)c(CC(=O)Nc2cc(N)c(F)cc2F)c1. The highest BCUT2D eigenvalue weighted by Gasteiger charge is 2.12. The topological polar surface area (TPSA) is 55.1 Å². The Bertz CT molecular complexity index is 699. The molecule has 5 heteroatoms. The quantitative estimate of drug-likeness (QED) is 0.852. The largest absolute Gasteiger partial charge is 0.396 e. The minimum atomic E-state index is -0.851. The number of carbonyl (C=O) groups excluding carboxylic acids is 1. The monoisotopic (exact) mass is 290 g/mol. The Balaban J connectivity index is 2.15. The van der Waals surface area contributed by atoms with Gasteiger partial charge in [-0.15, -0.1) is 0 Å². The number of aryl methyl sites for hydroxylation is 2. The number of hydrogen-bond donors (Lipinski definition) is 2. The summed E-state index contributed by atoms with van der Waals surface area (Å²) in [6.45, 7) is 3.83. The van der Waals surface area contributed by atoms with Crippen LogP contribution in [0.2, 0.25) is 0 Å². The molecule has 0 aliphatic heterocycles. The van der Waals surface area contributed by atoms with Gasteiger partial charge < -0.3 is 11.1 Å². The second kappa shape index (κ2) is 5.91. The molecule has 0 heterocycles. The van der Waals surface area contributed by atoms with Gasteiger partial charge in [-0.05, 0) is 31.0 Å². The summed E-state index contributed by atoms with van der Waals surface area (Å²) in [4.78, 5) is 12.0. The van der Waals surface area contributed by atoms with Crippen molar-refractivity contribution in [3.63, 3.8) is 0 Å². The van der Waals surface area contributed by atoms with Gasteiger partial charge in [0.2, 0.25) is 5.91 Å². The van der Waals surface area contributed by atoms with Crippen LogP contribution in [0.25, 0.3) is 0 Å². The van der Waals surface area contributed by atoms with Crippen LogP contribution in [0.15, 0.2) is 30.3 Å². The number of nitrogens with one attached hydrogen (secondary N) is 1. The van der Waals surface area contributed by atoms with Crippen molar-refractivity contribution < 1.29 is 13.6 Å². The van der Waals surface area contributed by atoms with E-state index in [-0.39, 0.29) is 23.7 Å². The fourth-order valence-electron chi connectivity index (χ4n) is 2.02. The van der Waals surface area contributed by atoms with Gasteiger partial charge in [0, 0.05) is 6.07 Å². The number of benzene rings is 2. The summed E-state index contributed by atoms with van der Waals surface area (Å²) in [5.74, 6) is -2.08. The molecule has 2 aromatic carbocycles. The average Bonchev–Trinajstić information content (AvgIpc) is 2.40. The van der Waals surface area contributed by atoms with Gasteiger partial charge in [0.25, 0.3) is 0 Å². The van der Waals surface area contributed by atoms with Crippen molar-refractivity contribution in [2.45, 2.75) is 20.3 Å². The molecule has 0 aliphatic rings. The highest BCUT2D eigenvalue weighted by molar-refractivity contribution is 5.93. The zero-order chi connectivity index (χ0) is 15.6. The molecule has 0 atom stereocenters. The van der Waals surface area contributed by atoms with E-state index in [0.717, 1.165) is 22.8 Å². The number of amides is 1. The molecule has 3 nitrogen and oxygen atoms in total. The van der Waals surface area contributed by atoms with E-state index in [9.17, 15) is 13.6 Å². The minimum absolute atomic E-state index is 0.115. The van der Waals surface area contributed by atoms with Crippen LogP contribution in [-0.4, -0.2) is 5.91 Å².